The molecule has 27 heteroatoms. The van der Waals surface area contributed by atoms with E-state index in [1.54, 1.807) is 36.5 Å². The Morgan fingerprint density at radius 2 is 1.31 bits per heavy atom. The minimum absolute atomic E-state index is 0.0309. The molecule has 0 unspecified atom stereocenters. The zero-order valence-corrected chi connectivity index (χ0v) is 43.5. The summed E-state index contributed by atoms with van der Waals surface area (Å²) in [5.41, 5.74) is 30.3. The van der Waals surface area contributed by atoms with Crippen LogP contribution in [0.1, 0.15) is 81.5 Å². The van der Waals surface area contributed by atoms with Crippen LogP contribution in [0.2, 0.25) is 0 Å². The first kappa shape index (κ1) is 59.8. The fourth-order valence-electron chi connectivity index (χ4n) is 8.67. The van der Waals surface area contributed by atoms with E-state index in [0.29, 0.717) is 36.1 Å². The van der Waals surface area contributed by atoms with Crippen LogP contribution in [0.25, 0.3) is 10.9 Å². The van der Waals surface area contributed by atoms with E-state index in [0.717, 1.165) is 10.9 Å². The maximum absolute atomic E-state index is 14.7. The fourth-order valence-corrected chi connectivity index (χ4v) is 8.67. The molecule has 1 aliphatic heterocycles. The minimum Gasteiger partial charge on any atom is -0.370 e. The number of nitrogens with zero attached hydrogens (tertiary/aromatic N) is 3. The number of aromatic nitrogens is 3. The molecule has 4 aromatic rings. The van der Waals surface area contributed by atoms with Gasteiger partial charge in [-0.1, -0.05) is 61.4 Å². The Hall–Kier alpha value is -9.04. The molecule has 27 nitrogen and oxygen atoms in total. The number of H-pyrrole nitrogens is 2. The first-order valence-electron chi connectivity index (χ1n) is 25.7. The highest BCUT2D eigenvalue weighted by Crippen LogP contribution is 2.20. The van der Waals surface area contributed by atoms with Gasteiger partial charge in [-0.3, -0.25) is 53.1 Å². The second-order valence-electron chi connectivity index (χ2n) is 18.9. The van der Waals surface area contributed by atoms with Crippen LogP contribution in [0, 0.1) is 0 Å². The van der Waals surface area contributed by atoms with Crippen LogP contribution >= 0.6 is 0 Å². The monoisotopic (exact) mass is 1080 g/mol. The average molecular weight is 1080 g/mol. The molecule has 0 aliphatic carbocycles. The van der Waals surface area contributed by atoms with Gasteiger partial charge in [0.1, 0.15) is 42.3 Å². The largest absolute Gasteiger partial charge is 0.370 e. The minimum atomic E-state index is -1.63. The van der Waals surface area contributed by atoms with Crippen molar-refractivity contribution in [2.45, 2.75) is 126 Å². The van der Waals surface area contributed by atoms with Crippen molar-refractivity contribution in [3.05, 3.63) is 90.1 Å². The van der Waals surface area contributed by atoms with Gasteiger partial charge in [-0.05, 0) is 55.7 Å². The molecule has 1 fully saturated rings. The number of nitrogens with two attached hydrogens (primary N) is 5. The number of imidazole rings is 1. The van der Waals surface area contributed by atoms with E-state index in [1.165, 1.54) is 19.4 Å². The molecule has 2 aromatic heterocycles. The van der Waals surface area contributed by atoms with E-state index < -0.39 is 102 Å². The standard InChI is InChI=1S/C51H72N18O9/c1-29(70)63-36(17-10-20-59-50(53)54)44(73)69-41-25-42(71)58-19-9-3-6-16-35(43(52)72)64-47(76)39(23-31-26-61-34-15-8-7-14-33(31)34)67-45(74)37(18-11-21-60-51(55)56)65-46(75)38(22-30-12-4-2-5-13-30)66-48(77)40(68-49(41)78)24-32-27-57-28-62-32/h2,4-5,7-8,12-15,26-28,35-41,61H,3,6,9-11,16-25H2,1H3,(H2,52,72)(H,57,62)(H,58,71)(H,63,70)(H,64,76)(H,65,75)(H,66,77)(H,67,74)(H,68,78)(H,69,73)(H4,53,54,59)(H4,55,56,60)/t35-,36-,37-,38+,39-,40-,41-/m0/s1. The molecule has 1 saturated heterocycles. The van der Waals surface area contributed by atoms with Gasteiger partial charge < -0.3 is 81.2 Å². The summed E-state index contributed by atoms with van der Waals surface area (Å²) in [7, 11) is 0. The Morgan fingerprint density at radius 3 is 1.97 bits per heavy atom. The molecule has 20 N–H and O–H groups in total. The molecule has 0 spiro atoms. The molecule has 420 valence electrons. The van der Waals surface area contributed by atoms with Gasteiger partial charge in [0, 0.05) is 74.8 Å². The Labute approximate surface area is 450 Å². The number of amides is 9. The highest BCUT2D eigenvalue weighted by molar-refractivity contribution is 5.99. The van der Waals surface area contributed by atoms with Gasteiger partial charge in [0.15, 0.2) is 11.9 Å². The lowest BCUT2D eigenvalue weighted by molar-refractivity contribution is -0.136. The van der Waals surface area contributed by atoms with Crippen LogP contribution < -0.4 is 71.2 Å². The predicted octanol–water partition coefficient (Wildman–Crippen LogP) is -2.99. The number of hydrogen-bond donors (Lipinski definition) is 15. The molecule has 5 rings (SSSR count). The zero-order chi connectivity index (χ0) is 56.6. The summed E-state index contributed by atoms with van der Waals surface area (Å²) in [6.45, 7) is 1.46. The van der Waals surface area contributed by atoms with E-state index in [4.69, 9.17) is 28.7 Å². The molecule has 1 aliphatic rings. The van der Waals surface area contributed by atoms with Gasteiger partial charge in [0.2, 0.25) is 53.2 Å². The van der Waals surface area contributed by atoms with Crippen molar-refractivity contribution in [1.29, 1.82) is 0 Å². The number of carbonyl (C=O) groups excluding carboxylic acids is 9. The Balaban J connectivity index is 1.54. The zero-order valence-electron chi connectivity index (χ0n) is 43.5. The highest BCUT2D eigenvalue weighted by atomic mass is 16.2. The Bertz CT molecular complexity index is 2740. The van der Waals surface area contributed by atoms with Crippen LogP contribution in [0.3, 0.4) is 0 Å². The fraction of sp³-hybridized carbons (Fsp3) is 0.451. The third kappa shape index (κ3) is 19.9. The van der Waals surface area contributed by atoms with E-state index in [-0.39, 0.29) is 82.9 Å². The van der Waals surface area contributed by atoms with Crippen LogP contribution in [0.15, 0.2) is 83.3 Å². The van der Waals surface area contributed by atoms with Crippen molar-refractivity contribution in [3.8, 4) is 0 Å². The van der Waals surface area contributed by atoms with Gasteiger partial charge in [0.05, 0.1) is 12.7 Å². The summed E-state index contributed by atoms with van der Waals surface area (Å²) in [5.74, 6) is -7.51. The topological polar surface area (TPSA) is 449 Å². The Morgan fingerprint density at radius 1 is 0.692 bits per heavy atom. The van der Waals surface area contributed by atoms with Crippen LogP contribution in [0.5, 0.6) is 0 Å². The molecule has 0 bridgehead atoms. The molecule has 3 heterocycles. The van der Waals surface area contributed by atoms with E-state index in [1.807, 2.05) is 24.3 Å². The number of carbonyl (C=O) groups is 9. The first-order chi connectivity index (χ1) is 37.4. The van der Waals surface area contributed by atoms with Crippen LogP contribution in [0.4, 0.5) is 0 Å². The number of benzene rings is 2. The van der Waals surface area contributed by atoms with Crippen molar-refractivity contribution in [3.63, 3.8) is 0 Å². The second-order valence-corrected chi connectivity index (χ2v) is 18.9. The molecule has 78 heavy (non-hydrogen) atoms. The third-order valence-electron chi connectivity index (χ3n) is 12.7. The SMILES string of the molecule is CC(=O)N[C@@H](CCCN=C(N)N)C(=O)N[C@H]1CC(=O)NCCCCC[C@@H](C(N)=O)NC(=O)[C@H](Cc2c[nH]c3ccccc23)NC(=O)[C@H](CCCN=C(N)N)NC(=O)[C@@H](Cc2ccccc2)NC(=O)[C@H](Cc2cnc[nH]2)NC1=O. The maximum Gasteiger partial charge on any atom is 0.243 e. The van der Waals surface area contributed by atoms with Gasteiger partial charge >= 0.3 is 0 Å². The number of fused-ring (bicyclic) bond motifs is 1. The lowest BCUT2D eigenvalue weighted by atomic mass is 10.0. The normalized spacial score (nSPS) is 20.9. The lowest BCUT2D eigenvalue weighted by Gasteiger charge is -2.28. The van der Waals surface area contributed by atoms with Crippen molar-refractivity contribution < 1.29 is 43.2 Å². The average Bonchev–Trinajstić information content (AvgIpc) is 4.12. The quantitative estimate of drug-likeness (QED) is 0.0269. The summed E-state index contributed by atoms with van der Waals surface area (Å²) >= 11 is 0. The number of aromatic amines is 2. The molecule has 7 atom stereocenters. The smallest absolute Gasteiger partial charge is 0.243 e. The summed E-state index contributed by atoms with van der Waals surface area (Å²) in [6.07, 6.45) is 5.05. The number of para-hydroxylation sites is 1. The molecular formula is C51H72N18O9. The number of aliphatic imine (C=N–C) groups is 2. The molecular weight excluding hydrogens is 1010 g/mol. The summed E-state index contributed by atoms with van der Waals surface area (Å²) in [5, 5.41) is 22.3. The van der Waals surface area contributed by atoms with E-state index in [9.17, 15) is 43.2 Å². The van der Waals surface area contributed by atoms with Crippen molar-refractivity contribution in [2.24, 2.45) is 38.7 Å². The van der Waals surface area contributed by atoms with Gasteiger partial charge in [-0.25, -0.2) is 4.98 Å². The Kier molecular flexibility index (Phi) is 23.4. The number of guanidine groups is 2. The number of rotatable bonds is 18. The maximum atomic E-state index is 14.7. The predicted molar refractivity (Wildman–Crippen MR) is 289 cm³/mol. The number of hydrogen-bond acceptors (Lipinski definition) is 12. The summed E-state index contributed by atoms with van der Waals surface area (Å²) in [4.78, 5) is 144. The molecule has 2 aromatic carbocycles. The van der Waals surface area contributed by atoms with E-state index >= 15 is 0 Å². The number of nitrogens with one attached hydrogen (secondary N) is 10. The first-order valence-corrected chi connectivity index (χ1v) is 25.7. The molecule has 9 amide bonds. The van der Waals surface area contributed by atoms with Crippen molar-refractivity contribution >= 4 is 76.0 Å². The number of primary amides is 1. The lowest BCUT2D eigenvalue weighted by Crippen LogP contribution is -2.61. The third-order valence-corrected chi connectivity index (χ3v) is 12.7. The van der Waals surface area contributed by atoms with E-state index in [2.05, 4.69) is 67.5 Å². The molecule has 0 radical (unpaired) electrons. The van der Waals surface area contributed by atoms with Gasteiger partial charge in [0.25, 0.3) is 0 Å². The van der Waals surface area contributed by atoms with Crippen LogP contribution in [-0.2, 0) is 62.4 Å². The highest BCUT2D eigenvalue weighted by Gasteiger charge is 2.35. The summed E-state index contributed by atoms with van der Waals surface area (Å²) in [6, 6.07) is 6.37. The van der Waals surface area contributed by atoms with Gasteiger partial charge in [-0.2, -0.15) is 0 Å². The van der Waals surface area contributed by atoms with Crippen molar-refractivity contribution in [1.82, 2.24) is 57.5 Å². The summed E-state index contributed by atoms with van der Waals surface area (Å²) < 4.78 is 0. The second kappa shape index (κ2) is 30.5. The van der Waals surface area contributed by atoms with Gasteiger partial charge in [-0.15, -0.1) is 0 Å². The van der Waals surface area contributed by atoms with Crippen molar-refractivity contribution in [2.75, 3.05) is 19.6 Å². The van der Waals surface area contributed by atoms with Crippen LogP contribution in [-0.4, -0.2) is 142 Å². The molecule has 0 saturated carbocycles.